The van der Waals surface area contributed by atoms with E-state index >= 15 is 0 Å². The zero-order valence-electron chi connectivity index (χ0n) is 9.30. The second-order valence-corrected chi connectivity index (χ2v) is 5.53. The topological polar surface area (TPSA) is 49.2 Å². The number of aliphatic hydroxyl groups excluding tert-OH is 1. The van der Waals surface area contributed by atoms with Gasteiger partial charge in [0.05, 0.1) is 31.2 Å². The van der Waals surface area contributed by atoms with Gasteiger partial charge in [-0.3, -0.25) is 4.98 Å². The Hall–Kier alpha value is -0.980. The fourth-order valence-electron chi connectivity index (χ4n) is 1.41. The Labute approximate surface area is 112 Å². The highest BCUT2D eigenvalue weighted by Gasteiger charge is 2.06. The van der Waals surface area contributed by atoms with Crippen molar-refractivity contribution in [1.82, 2.24) is 9.97 Å². The maximum atomic E-state index is 9.01. The van der Waals surface area contributed by atoms with Crippen LogP contribution >= 0.6 is 27.3 Å². The first kappa shape index (κ1) is 12.5. The van der Waals surface area contributed by atoms with Crippen molar-refractivity contribution in [2.75, 3.05) is 11.9 Å². The first-order valence-corrected chi connectivity index (χ1v) is 6.72. The van der Waals surface area contributed by atoms with Gasteiger partial charge in [-0.25, -0.2) is 4.98 Å². The molecule has 1 N–H and O–H groups in total. The van der Waals surface area contributed by atoms with Gasteiger partial charge in [0.2, 0.25) is 0 Å². The smallest absolute Gasteiger partial charge is 0.147 e. The van der Waals surface area contributed by atoms with Crippen LogP contribution in [-0.4, -0.2) is 22.1 Å². The Morgan fingerprint density at radius 3 is 2.94 bits per heavy atom. The van der Waals surface area contributed by atoms with Crippen LogP contribution < -0.4 is 4.90 Å². The largest absolute Gasteiger partial charge is 0.390 e. The van der Waals surface area contributed by atoms with Crippen molar-refractivity contribution in [2.24, 2.45) is 0 Å². The lowest BCUT2D eigenvalue weighted by Gasteiger charge is -2.17. The van der Waals surface area contributed by atoms with Gasteiger partial charge in [-0.05, 0) is 22.0 Å². The predicted molar refractivity (Wildman–Crippen MR) is 72.1 cm³/mol. The highest BCUT2D eigenvalue weighted by atomic mass is 79.9. The molecule has 0 atom stereocenters. The lowest BCUT2D eigenvalue weighted by atomic mass is 10.4. The SMILES string of the molecule is CN(Cc1cc(Br)cs1)c1cncc(CO)n1. The number of hydrogen-bond donors (Lipinski definition) is 1. The minimum Gasteiger partial charge on any atom is -0.390 e. The summed E-state index contributed by atoms with van der Waals surface area (Å²) in [5, 5.41) is 11.1. The molecule has 4 nitrogen and oxygen atoms in total. The van der Waals surface area contributed by atoms with E-state index in [1.165, 1.54) is 4.88 Å². The van der Waals surface area contributed by atoms with Crippen LogP contribution in [0.1, 0.15) is 10.6 Å². The zero-order valence-corrected chi connectivity index (χ0v) is 11.7. The van der Waals surface area contributed by atoms with Crippen LogP contribution in [0.15, 0.2) is 28.3 Å². The van der Waals surface area contributed by atoms with Gasteiger partial charge >= 0.3 is 0 Å². The normalized spacial score (nSPS) is 10.5. The van der Waals surface area contributed by atoms with Gasteiger partial charge in [0, 0.05) is 21.8 Å². The number of aliphatic hydroxyl groups is 1. The number of halogens is 1. The van der Waals surface area contributed by atoms with Gasteiger partial charge in [0.15, 0.2) is 0 Å². The van der Waals surface area contributed by atoms with Crippen molar-refractivity contribution in [3.63, 3.8) is 0 Å². The average molecular weight is 314 g/mol. The maximum Gasteiger partial charge on any atom is 0.147 e. The van der Waals surface area contributed by atoms with Crippen molar-refractivity contribution in [3.05, 3.63) is 38.9 Å². The summed E-state index contributed by atoms with van der Waals surface area (Å²) >= 11 is 5.13. The molecule has 2 aromatic heterocycles. The summed E-state index contributed by atoms with van der Waals surface area (Å²) in [6.45, 7) is 0.694. The monoisotopic (exact) mass is 313 g/mol. The number of rotatable bonds is 4. The third-order valence-corrected chi connectivity index (χ3v) is 3.92. The fraction of sp³-hybridized carbons (Fsp3) is 0.273. The summed E-state index contributed by atoms with van der Waals surface area (Å²) in [7, 11) is 1.96. The molecule has 0 spiro atoms. The molecule has 0 radical (unpaired) electrons. The molecule has 0 fully saturated rings. The van der Waals surface area contributed by atoms with Gasteiger partial charge in [-0.15, -0.1) is 11.3 Å². The maximum absolute atomic E-state index is 9.01. The number of hydrogen-bond acceptors (Lipinski definition) is 5. The van der Waals surface area contributed by atoms with Crippen LogP contribution in [0, 0.1) is 0 Å². The molecule has 17 heavy (non-hydrogen) atoms. The summed E-state index contributed by atoms with van der Waals surface area (Å²) in [5.41, 5.74) is 0.585. The molecule has 2 heterocycles. The van der Waals surface area contributed by atoms with Gasteiger partial charge in [-0.1, -0.05) is 0 Å². The summed E-state index contributed by atoms with van der Waals surface area (Å²) in [6, 6.07) is 2.09. The van der Waals surface area contributed by atoms with E-state index in [1.54, 1.807) is 23.7 Å². The molecule has 0 aliphatic rings. The van der Waals surface area contributed by atoms with Crippen molar-refractivity contribution >= 4 is 33.1 Å². The van der Waals surface area contributed by atoms with Crippen molar-refractivity contribution in [2.45, 2.75) is 13.2 Å². The first-order valence-electron chi connectivity index (χ1n) is 5.05. The molecule has 0 saturated carbocycles. The van der Waals surface area contributed by atoms with Crippen LogP contribution in [0.2, 0.25) is 0 Å². The van der Waals surface area contributed by atoms with Crippen molar-refractivity contribution in [3.8, 4) is 0 Å². The molecule has 0 aromatic carbocycles. The Balaban J connectivity index is 2.11. The van der Waals surface area contributed by atoms with E-state index in [9.17, 15) is 0 Å². The molecule has 0 aliphatic heterocycles. The molecule has 0 saturated heterocycles. The van der Waals surface area contributed by atoms with E-state index in [1.807, 2.05) is 11.9 Å². The number of anilines is 1. The Morgan fingerprint density at radius 1 is 1.47 bits per heavy atom. The number of nitrogens with zero attached hydrogens (tertiary/aromatic N) is 3. The standard InChI is InChI=1S/C11H12BrN3OS/c1-15(5-10-2-8(12)7-17-10)11-4-13-3-9(6-16)14-11/h2-4,7,16H,5-6H2,1H3. The molecule has 0 bridgehead atoms. The van der Waals surface area contributed by atoms with Crippen LogP contribution in [0.25, 0.3) is 0 Å². The third kappa shape index (κ3) is 3.24. The van der Waals surface area contributed by atoms with Crippen LogP contribution in [-0.2, 0) is 13.2 Å². The minimum absolute atomic E-state index is 0.0841. The van der Waals surface area contributed by atoms with E-state index < -0.39 is 0 Å². The summed E-state index contributed by atoms with van der Waals surface area (Å²) in [4.78, 5) is 11.6. The Morgan fingerprint density at radius 2 is 2.29 bits per heavy atom. The molecular formula is C11H12BrN3OS. The van der Waals surface area contributed by atoms with Crippen LogP contribution in [0.5, 0.6) is 0 Å². The van der Waals surface area contributed by atoms with Gasteiger partial charge in [-0.2, -0.15) is 0 Å². The highest BCUT2D eigenvalue weighted by molar-refractivity contribution is 9.10. The molecule has 0 unspecified atom stereocenters. The summed E-state index contributed by atoms with van der Waals surface area (Å²) < 4.78 is 1.10. The molecule has 0 amide bonds. The lowest BCUT2D eigenvalue weighted by Crippen LogP contribution is -2.17. The molecule has 90 valence electrons. The molecule has 6 heteroatoms. The number of thiophene rings is 1. The highest BCUT2D eigenvalue weighted by Crippen LogP contribution is 2.22. The summed E-state index contributed by atoms with van der Waals surface area (Å²) in [5.74, 6) is 0.765. The fourth-order valence-corrected chi connectivity index (χ4v) is 2.91. The average Bonchev–Trinajstić information content (AvgIpc) is 2.75. The summed E-state index contributed by atoms with van der Waals surface area (Å²) in [6.07, 6.45) is 3.26. The third-order valence-electron chi connectivity index (χ3n) is 2.24. The van der Waals surface area contributed by atoms with Gasteiger partial charge < -0.3 is 10.0 Å². The molecule has 2 aromatic rings. The van der Waals surface area contributed by atoms with Crippen molar-refractivity contribution < 1.29 is 5.11 Å². The van der Waals surface area contributed by atoms with E-state index in [0.29, 0.717) is 5.69 Å². The Bertz CT molecular complexity index is 503. The predicted octanol–water partition coefficient (Wildman–Crippen LogP) is 2.43. The second-order valence-electron chi connectivity index (χ2n) is 3.61. The van der Waals surface area contributed by atoms with Crippen LogP contribution in [0.4, 0.5) is 5.82 Å². The van der Waals surface area contributed by atoms with Crippen molar-refractivity contribution in [1.29, 1.82) is 0 Å². The Kier molecular flexibility index (Phi) is 4.09. The quantitative estimate of drug-likeness (QED) is 0.942. The van der Waals surface area contributed by atoms with E-state index in [2.05, 4.69) is 37.3 Å². The number of aromatic nitrogens is 2. The van der Waals surface area contributed by atoms with Crippen LogP contribution in [0.3, 0.4) is 0 Å². The van der Waals surface area contributed by atoms with E-state index in [-0.39, 0.29) is 6.61 Å². The lowest BCUT2D eigenvalue weighted by molar-refractivity contribution is 0.276. The minimum atomic E-state index is -0.0841. The molecule has 2 rings (SSSR count). The van der Waals surface area contributed by atoms with Gasteiger partial charge in [0.1, 0.15) is 5.82 Å². The van der Waals surface area contributed by atoms with E-state index in [0.717, 1.165) is 16.8 Å². The molecule has 0 aliphatic carbocycles. The zero-order chi connectivity index (χ0) is 12.3. The van der Waals surface area contributed by atoms with E-state index in [4.69, 9.17) is 5.11 Å². The second kappa shape index (κ2) is 5.57. The molecular weight excluding hydrogens is 302 g/mol. The van der Waals surface area contributed by atoms with Gasteiger partial charge in [0.25, 0.3) is 0 Å². The first-order chi connectivity index (χ1) is 8.19.